The van der Waals surface area contributed by atoms with Gasteiger partial charge in [-0.2, -0.15) is 0 Å². The maximum Gasteiger partial charge on any atom is 0.335 e. The molecule has 3 rings (SSSR count). The molecule has 1 aliphatic rings. The number of hydrogen-bond acceptors (Lipinski definition) is 5. The molecule has 144 valence electrons. The fourth-order valence-corrected chi connectivity index (χ4v) is 4.34. The first kappa shape index (κ1) is 19.4. The van der Waals surface area contributed by atoms with Gasteiger partial charge in [0.1, 0.15) is 11.4 Å². The molecule has 0 aliphatic carbocycles. The van der Waals surface area contributed by atoms with E-state index in [1.807, 2.05) is 10.3 Å². The summed E-state index contributed by atoms with van der Waals surface area (Å²) in [4.78, 5) is 30.2. The zero-order chi connectivity index (χ0) is 19.4. The number of carbonyl (C=O) groups excluding carboxylic acids is 1. The molecule has 0 radical (unpaired) electrons. The quantitative estimate of drug-likeness (QED) is 0.785. The third-order valence-corrected chi connectivity index (χ3v) is 5.75. The largest absolute Gasteiger partial charge is 0.496 e. The Balaban J connectivity index is 1.66. The molecule has 0 bridgehead atoms. The highest BCUT2D eigenvalue weighted by molar-refractivity contribution is 7.09. The Morgan fingerprint density at radius 2 is 2.22 bits per heavy atom. The summed E-state index contributed by atoms with van der Waals surface area (Å²) in [6.07, 6.45) is 3.49. The summed E-state index contributed by atoms with van der Waals surface area (Å²) < 4.78 is 5.38. The van der Waals surface area contributed by atoms with Crippen LogP contribution in [0.1, 0.15) is 51.2 Å². The van der Waals surface area contributed by atoms with Gasteiger partial charge in [-0.15, -0.1) is 11.3 Å². The summed E-state index contributed by atoms with van der Waals surface area (Å²) >= 11 is 1.54. The van der Waals surface area contributed by atoms with Crippen LogP contribution in [0.2, 0.25) is 0 Å². The molecule has 1 aromatic heterocycles. The summed E-state index contributed by atoms with van der Waals surface area (Å²) in [6, 6.07) is 4.91. The van der Waals surface area contributed by atoms with Crippen LogP contribution in [0.4, 0.5) is 0 Å². The van der Waals surface area contributed by atoms with Crippen molar-refractivity contribution in [3.8, 4) is 5.75 Å². The number of carboxylic acids is 1. The van der Waals surface area contributed by atoms with Crippen LogP contribution in [-0.2, 0) is 12.8 Å². The number of nitrogens with zero attached hydrogens (tertiary/aromatic N) is 2. The number of ether oxygens (including phenoxy) is 1. The average molecular weight is 388 g/mol. The van der Waals surface area contributed by atoms with Crippen LogP contribution < -0.4 is 4.74 Å². The summed E-state index contributed by atoms with van der Waals surface area (Å²) in [5.41, 5.74) is 1.66. The van der Waals surface area contributed by atoms with Gasteiger partial charge in [-0.05, 0) is 55.4 Å². The van der Waals surface area contributed by atoms with Crippen molar-refractivity contribution in [1.29, 1.82) is 0 Å². The van der Waals surface area contributed by atoms with Crippen molar-refractivity contribution < 1.29 is 19.4 Å². The number of methoxy groups -OCH3 is 1. The molecule has 2 aromatic rings. The Kier molecular flexibility index (Phi) is 6.11. The van der Waals surface area contributed by atoms with Gasteiger partial charge in [-0.3, -0.25) is 4.79 Å². The molecule has 1 saturated heterocycles. The van der Waals surface area contributed by atoms with Gasteiger partial charge in [-0.1, -0.05) is 6.92 Å². The van der Waals surface area contributed by atoms with E-state index in [0.29, 0.717) is 31.0 Å². The van der Waals surface area contributed by atoms with Crippen molar-refractivity contribution in [2.75, 3.05) is 20.2 Å². The van der Waals surface area contributed by atoms with Gasteiger partial charge < -0.3 is 14.7 Å². The van der Waals surface area contributed by atoms with E-state index in [-0.39, 0.29) is 17.4 Å². The lowest BCUT2D eigenvalue weighted by Gasteiger charge is -2.16. The minimum atomic E-state index is -0.950. The number of hydrogen-bond donors (Lipinski definition) is 1. The third-order valence-electron chi connectivity index (χ3n) is 4.84. The molecule has 0 spiro atoms. The first-order chi connectivity index (χ1) is 13.0. The van der Waals surface area contributed by atoms with Crippen LogP contribution in [0.15, 0.2) is 23.6 Å². The zero-order valence-corrected chi connectivity index (χ0v) is 16.4. The van der Waals surface area contributed by atoms with Gasteiger partial charge in [-0.25, -0.2) is 9.78 Å². The van der Waals surface area contributed by atoms with Crippen LogP contribution in [-0.4, -0.2) is 47.1 Å². The summed E-state index contributed by atoms with van der Waals surface area (Å²) in [7, 11) is 1.58. The average Bonchev–Trinajstić information content (AvgIpc) is 3.31. The van der Waals surface area contributed by atoms with Crippen LogP contribution in [0.3, 0.4) is 0 Å². The number of aryl methyl sites for hydroxylation is 1. The molecule has 2 heterocycles. The minimum absolute atomic E-state index is 0.0117. The molecule has 1 N–H and O–H groups in total. The predicted octanol–water partition coefficient (Wildman–Crippen LogP) is 3.51. The second kappa shape index (κ2) is 8.52. The van der Waals surface area contributed by atoms with Crippen LogP contribution in [0.5, 0.6) is 5.75 Å². The molecule has 1 aliphatic heterocycles. The number of amides is 1. The Hall–Kier alpha value is -2.41. The first-order valence-corrected chi connectivity index (χ1v) is 10.0. The number of aromatic nitrogens is 1. The van der Waals surface area contributed by atoms with Crippen molar-refractivity contribution in [2.24, 2.45) is 5.92 Å². The standard InChI is InChI=1S/C20H24N2O4S/c1-3-4-18-21-16(12-27-18)19(23)22-8-7-13(11-22)9-15-10-14(20(24)25)5-6-17(15)26-2/h5-6,10,12-13H,3-4,7-9,11H2,1-2H3,(H,24,25). The van der Waals surface area contributed by atoms with Crippen molar-refractivity contribution >= 4 is 23.2 Å². The van der Waals surface area contributed by atoms with Gasteiger partial charge in [0.25, 0.3) is 5.91 Å². The van der Waals surface area contributed by atoms with Gasteiger partial charge in [0.2, 0.25) is 0 Å². The second-order valence-corrected chi connectivity index (χ2v) is 7.76. The van der Waals surface area contributed by atoms with E-state index in [9.17, 15) is 14.7 Å². The Morgan fingerprint density at radius 3 is 2.93 bits per heavy atom. The predicted molar refractivity (Wildman–Crippen MR) is 104 cm³/mol. The maximum atomic E-state index is 12.7. The van der Waals surface area contributed by atoms with E-state index in [1.165, 1.54) is 0 Å². The lowest BCUT2D eigenvalue weighted by Crippen LogP contribution is -2.29. The molecule has 1 fully saturated rings. The second-order valence-electron chi connectivity index (χ2n) is 6.82. The van der Waals surface area contributed by atoms with Crippen molar-refractivity contribution in [3.05, 3.63) is 45.4 Å². The van der Waals surface area contributed by atoms with Crippen LogP contribution in [0, 0.1) is 5.92 Å². The summed E-state index contributed by atoms with van der Waals surface area (Å²) in [6.45, 7) is 3.45. The highest BCUT2D eigenvalue weighted by atomic mass is 32.1. The number of carbonyl (C=O) groups is 2. The van der Waals surface area contributed by atoms with Crippen LogP contribution >= 0.6 is 11.3 Å². The van der Waals surface area contributed by atoms with E-state index >= 15 is 0 Å². The third kappa shape index (κ3) is 4.47. The van der Waals surface area contributed by atoms with Gasteiger partial charge in [0, 0.05) is 18.5 Å². The molecule has 1 atom stereocenters. The first-order valence-electron chi connectivity index (χ1n) is 9.15. The maximum absolute atomic E-state index is 12.7. The molecule has 7 heteroatoms. The SMILES string of the molecule is CCCc1nc(C(=O)N2CCC(Cc3cc(C(=O)O)ccc3OC)C2)cs1. The van der Waals surface area contributed by atoms with E-state index < -0.39 is 5.97 Å². The number of aromatic carboxylic acids is 1. The number of carboxylic acid groups (broad SMARTS) is 1. The summed E-state index contributed by atoms with van der Waals surface area (Å²) in [5, 5.41) is 12.1. The number of likely N-dealkylation sites (tertiary alicyclic amines) is 1. The lowest BCUT2D eigenvalue weighted by atomic mass is 9.96. The molecule has 27 heavy (non-hydrogen) atoms. The van der Waals surface area contributed by atoms with E-state index in [2.05, 4.69) is 11.9 Å². The minimum Gasteiger partial charge on any atom is -0.496 e. The fraction of sp³-hybridized carbons (Fsp3) is 0.450. The van der Waals surface area contributed by atoms with Crippen molar-refractivity contribution in [1.82, 2.24) is 9.88 Å². The zero-order valence-electron chi connectivity index (χ0n) is 15.6. The molecule has 1 unspecified atom stereocenters. The Bertz CT molecular complexity index is 833. The van der Waals surface area contributed by atoms with Gasteiger partial charge in [0.15, 0.2) is 0 Å². The molecular formula is C20H24N2O4S. The molecule has 6 nitrogen and oxygen atoms in total. The number of thiazole rings is 1. The highest BCUT2D eigenvalue weighted by Crippen LogP contribution is 2.28. The Morgan fingerprint density at radius 1 is 1.41 bits per heavy atom. The van der Waals surface area contributed by atoms with Crippen molar-refractivity contribution in [3.63, 3.8) is 0 Å². The number of rotatable bonds is 7. The monoisotopic (exact) mass is 388 g/mol. The van der Waals surface area contributed by atoms with Gasteiger partial charge in [0.05, 0.1) is 17.7 Å². The Labute approximate surface area is 162 Å². The molecule has 0 saturated carbocycles. The fourth-order valence-electron chi connectivity index (χ4n) is 3.47. The van der Waals surface area contributed by atoms with E-state index in [1.54, 1.807) is 36.6 Å². The van der Waals surface area contributed by atoms with Crippen molar-refractivity contribution in [2.45, 2.75) is 32.6 Å². The lowest BCUT2D eigenvalue weighted by molar-refractivity contribution is 0.0696. The highest BCUT2D eigenvalue weighted by Gasteiger charge is 2.29. The number of benzene rings is 1. The molecular weight excluding hydrogens is 364 g/mol. The van der Waals surface area contributed by atoms with E-state index in [0.717, 1.165) is 29.8 Å². The van der Waals surface area contributed by atoms with Crippen LogP contribution in [0.25, 0.3) is 0 Å². The topological polar surface area (TPSA) is 79.7 Å². The smallest absolute Gasteiger partial charge is 0.335 e. The molecule has 1 aromatic carbocycles. The normalized spacial score (nSPS) is 16.5. The molecule has 1 amide bonds. The van der Waals surface area contributed by atoms with Gasteiger partial charge >= 0.3 is 5.97 Å². The summed E-state index contributed by atoms with van der Waals surface area (Å²) in [5.74, 6) is 0.00466. The van der Waals surface area contributed by atoms with E-state index in [4.69, 9.17) is 4.74 Å².